The van der Waals surface area contributed by atoms with Crippen LogP contribution in [0, 0.1) is 0 Å². The molecule has 0 saturated carbocycles. The van der Waals surface area contributed by atoms with Crippen molar-refractivity contribution in [3.8, 4) is 0 Å². The van der Waals surface area contributed by atoms with Gasteiger partial charge in [-0.2, -0.15) is 5.10 Å². The lowest BCUT2D eigenvalue weighted by Gasteiger charge is -2.10. The number of hydrazone groups is 1. The number of hydrogen-bond donors (Lipinski definition) is 1. The number of nitrogens with zero attached hydrogens (tertiary/aromatic N) is 4. The summed E-state index contributed by atoms with van der Waals surface area (Å²) >= 11 is 0. The van der Waals surface area contributed by atoms with Crippen LogP contribution in [0.1, 0.15) is 11.4 Å². The molecular formula is C12H13N5. The van der Waals surface area contributed by atoms with E-state index in [1.54, 1.807) is 18.6 Å². The van der Waals surface area contributed by atoms with Gasteiger partial charge in [0.1, 0.15) is 0 Å². The number of hydrazine groups is 1. The molecule has 2 heterocycles. The molecule has 0 unspecified atom stereocenters. The van der Waals surface area contributed by atoms with Gasteiger partial charge in [-0.3, -0.25) is 9.97 Å². The molecule has 0 atom stereocenters. The van der Waals surface area contributed by atoms with Gasteiger partial charge in [0.25, 0.3) is 0 Å². The smallest absolute Gasteiger partial charge is 0.0952 e. The minimum Gasteiger partial charge on any atom is -0.259 e. The molecule has 0 amide bonds. The fourth-order valence-electron chi connectivity index (χ4n) is 1.28. The summed E-state index contributed by atoms with van der Waals surface area (Å²) in [6, 6.07) is 11.3. The second-order valence-electron chi connectivity index (χ2n) is 3.42. The summed E-state index contributed by atoms with van der Waals surface area (Å²) in [7, 11) is 0. The third-order valence-corrected chi connectivity index (χ3v) is 2.08. The number of aromatic nitrogens is 2. The van der Waals surface area contributed by atoms with Crippen molar-refractivity contribution in [3.05, 3.63) is 60.2 Å². The molecule has 0 bridgehead atoms. The summed E-state index contributed by atoms with van der Waals surface area (Å²) in [6.45, 7) is 0.462. The third-order valence-electron chi connectivity index (χ3n) is 2.08. The zero-order valence-corrected chi connectivity index (χ0v) is 9.27. The molecule has 2 aromatic rings. The van der Waals surface area contributed by atoms with Crippen LogP contribution >= 0.6 is 0 Å². The number of nitrogens with two attached hydrogens (primary N) is 1. The molecule has 0 fully saturated rings. The Bertz CT molecular complexity index is 469. The molecule has 0 saturated heterocycles. The number of hydrogen-bond acceptors (Lipinski definition) is 5. The van der Waals surface area contributed by atoms with Gasteiger partial charge in [0.05, 0.1) is 24.1 Å². The van der Waals surface area contributed by atoms with Gasteiger partial charge >= 0.3 is 0 Å². The van der Waals surface area contributed by atoms with E-state index in [2.05, 4.69) is 15.1 Å². The predicted octanol–water partition coefficient (Wildman–Crippen LogP) is 1.19. The summed E-state index contributed by atoms with van der Waals surface area (Å²) in [5, 5.41) is 5.40. The first-order chi connectivity index (χ1) is 8.34. The van der Waals surface area contributed by atoms with E-state index < -0.39 is 0 Å². The fourth-order valence-corrected chi connectivity index (χ4v) is 1.28. The quantitative estimate of drug-likeness (QED) is 0.484. The van der Waals surface area contributed by atoms with E-state index >= 15 is 0 Å². The Hall–Kier alpha value is -2.27. The van der Waals surface area contributed by atoms with Gasteiger partial charge < -0.3 is 0 Å². The number of rotatable bonds is 4. The Morgan fingerprint density at radius 3 is 2.53 bits per heavy atom. The van der Waals surface area contributed by atoms with Crippen LogP contribution in [0.2, 0.25) is 0 Å². The molecular weight excluding hydrogens is 214 g/mol. The first-order valence-corrected chi connectivity index (χ1v) is 5.22. The Balaban J connectivity index is 1.94. The summed E-state index contributed by atoms with van der Waals surface area (Å²) in [5.41, 5.74) is 1.64. The van der Waals surface area contributed by atoms with Crippen molar-refractivity contribution < 1.29 is 0 Å². The molecule has 0 radical (unpaired) electrons. The average molecular weight is 227 g/mol. The highest BCUT2D eigenvalue weighted by Crippen LogP contribution is 1.97. The van der Waals surface area contributed by atoms with E-state index in [9.17, 15) is 0 Å². The van der Waals surface area contributed by atoms with Crippen LogP contribution in [0.25, 0.3) is 0 Å². The molecule has 5 nitrogen and oxygen atoms in total. The third kappa shape index (κ3) is 3.66. The Morgan fingerprint density at radius 2 is 1.88 bits per heavy atom. The van der Waals surface area contributed by atoms with E-state index in [1.165, 1.54) is 5.12 Å². The first-order valence-electron chi connectivity index (χ1n) is 5.22. The maximum atomic E-state index is 5.72. The van der Waals surface area contributed by atoms with Crippen molar-refractivity contribution >= 4 is 6.21 Å². The van der Waals surface area contributed by atoms with Gasteiger partial charge in [0.2, 0.25) is 0 Å². The van der Waals surface area contributed by atoms with E-state index in [-0.39, 0.29) is 0 Å². The topological polar surface area (TPSA) is 67.4 Å². The highest BCUT2D eigenvalue weighted by Gasteiger charge is 1.97. The number of pyridine rings is 2. The second kappa shape index (κ2) is 5.72. The molecule has 0 aliphatic rings. The van der Waals surface area contributed by atoms with Gasteiger partial charge in [-0.15, -0.1) is 0 Å². The molecule has 17 heavy (non-hydrogen) atoms. The van der Waals surface area contributed by atoms with E-state index in [0.29, 0.717) is 6.54 Å². The van der Waals surface area contributed by atoms with E-state index in [0.717, 1.165) is 11.4 Å². The maximum absolute atomic E-state index is 5.72. The van der Waals surface area contributed by atoms with Crippen LogP contribution in [-0.4, -0.2) is 21.3 Å². The summed E-state index contributed by atoms with van der Waals surface area (Å²) in [4.78, 5) is 8.27. The van der Waals surface area contributed by atoms with Gasteiger partial charge in [0.15, 0.2) is 0 Å². The summed E-state index contributed by atoms with van der Waals surface area (Å²) in [6.07, 6.45) is 5.05. The molecule has 0 aliphatic carbocycles. The summed E-state index contributed by atoms with van der Waals surface area (Å²) < 4.78 is 0. The lowest BCUT2D eigenvalue weighted by Crippen LogP contribution is -2.25. The van der Waals surface area contributed by atoms with Gasteiger partial charge in [-0.25, -0.2) is 11.0 Å². The largest absolute Gasteiger partial charge is 0.259 e. The fraction of sp³-hybridized carbons (Fsp3) is 0.0833. The zero-order valence-electron chi connectivity index (χ0n) is 9.27. The van der Waals surface area contributed by atoms with E-state index in [4.69, 9.17) is 5.84 Å². The maximum Gasteiger partial charge on any atom is 0.0952 e. The Kier molecular flexibility index (Phi) is 3.77. The standard InChI is InChI=1S/C12H13N5/c13-17(10-12-6-2-4-8-15-12)16-9-11-5-1-3-7-14-11/h1-9H,10,13H2/b16-9+. The highest BCUT2D eigenvalue weighted by molar-refractivity contribution is 5.76. The first kappa shape index (κ1) is 11.2. The second-order valence-corrected chi connectivity index (χ2v) is 3.42. The molecule has 86 valence electrons. The van der Waals surface area contributed by atoms with Crippen LogP contribution in [-0.2, 0) is 6.54 Å². The van der Waals surface area contributed by atoms with Crippen LogP contribution in [0.5, 0.6) is 0 Å². The van der Waals surface area contributed by atoms with Crippen molar-refractivity contribution in [3.63, 3.8) is 0 Å². The molecule has 2 aromatic heterocycles. The van der Waals surface area contributed by atoms with Crippen molar-refractivity contribution in [2.75, 3.05) is 0 Å². The normalized spacial score (nSPS) is 10.6. The van der Waals surface area contributed by atoms with Gasteiger partial charge in [-0.1, -0.05) is 12.1 Å². The van der Waals surface area contributed by atoms with Gasteiger partial charge in [-0.05, 0) is 24.3 Å². The van der Waals surface area contributed by atoms with Crippen LogP contribution in [0.4, 0.5) is 0 Å². The van der Waals surface area contributed by atoms with Gasteiger partial charge in [0, 0.05) is 12.4 Å². The minimum absolute atomic E-state index is 0.462. The van der Waals surface area contributed by atoms with Crippen molar-refractivity contribution in [2.45, 2.75) is 6.54 Å². The molecule has 5 heteroatoms. The average Bonchev–Trinajstić information content (AvgIpc) is 2.39. The predicted molar refractivity (Wildman–Crippen MR) is 65.8 cm³/mol. The lowest BCUT2D eigenvalue weighted by molar-refractivity contribution is 0.288. The Morgan fingerprint density at radius 1 is 1.12 bits per heavy atom. The zero-order chi connectivity index (χ0) is 11.9. The highest BCUT2D eigenvalue weighted by atomic mass is 15.6. The molecule has 0 aliphatic heterocycles. The van der Waals surface area contributed by atoms with Crippen LogP contribution < -0.4 is 5.84 Å². The Labute approximate surface area is 99.6 Å². The molecule has 2 N–H and O–H groups in total. The lowest BCUT2D eigenvalue weighted by atomic mass is 10.3. The van der Waals surface area contributed by atoms with Crippen molar-refractivity contribution in [1.29, 1.82) is 0 Å². The minimum atomic E-state index is 0.462. The monoisotopic (exact) mass is 227 g/mol. The van der Waals surface area contributed by atoms with E-state index in [1.807, 2.05) is 36.4 Å². The van der Waals surface area contributed by atoms with Crippen LogP contribution in [0.3, 0.4) is 0 Å². The van der Waals surface area contributed by atoms with Crippen molar-refractivity contribution in [1.82, 2.24) is 15.1 Å². The summed E-state index contributed by atoms with van der Waals surface area (Å²) in [5.74, 6) is 5.72. The molecule has 2 rings (SSSR count). The SMILES string of the molecule is NN(Cc1ccccn1)/N=C/c1ccccn1. The van der Waals surface area contributed by atoms with Crippen molar-refractivity contribution in [2.24, 2.45) is 10.9 Å². The molecule has 0 aromatic carbocycles. The molecule has 0 spiro atoms. The van der Waals surface area contributed by atoms with Crippen LogP contribution in [0.15, 0.2) is 53.9 Å².